The van der Waals surface area contributed by atoms with Crippen LogP contribution in [0.25, 0.3) is 5.82 Å². The molecule has 30 heavy (non-hydrogen) atoms. The van der Waals surface area contributed by atoms with Crippen molar-refractivity contribution in [3.05, 3.63) is 72.7 Å². The van der Waals surface area contributed by atoms with Crippen LogP contribution >= 0.6 is 0 Å². The second kappa shape index (κ2) is 8.33. The van der Waals surface area contributed by atoms with E-state index >= 15 is 0 Å². The van der Waals surface area contributed by atoms with Crippen LogP contribution in [0, 0.1) is 5.82 Å². The van der Waals surface area contributed by atoms with E-state index in [0.717, 1.165) is 12.1 Å². The SMILES string of the molecule is O=C(c1ccc(-n2ccnc2)nc1)N1CCC(NS(=O)(=O)c2ccc(F)cc2)CC1. The second-order valence-corrected chi connectivity index (χ2v) is 8.73. The topological polar surface area (TPSA) is 97.2 Å². The highest BCUT2D eigenvalue weighted by atomic mass is 32.2. The number of carbonyl (C=O) groups excluding carboxylic acids is 1. The molecule has 4 rings (SSSR count). The molecule has 0 spiro atoms. The Morgan fingerprint density at radius 3 is 2.43 bits per heavy atom. The molecule has 0 radical (unpaired) electrons. The Labute approximate surface area is 173 Å². The van der Waals surface area contributed by atoms with E-state index in [1.807, 2.05) is 0 Å². The molecule has 0 bridgehead atoms. The van der Waals surface area contributed by atoms with Crippen LogP contribution in [0.2, 0.25) is 0 Å². The molecule has 0 atom stereocenters. The highest BCUT2D eigenvalue weighted by molar-refractivity contribution is 7.89. The molecule has 1 amide bonds. The van der Waals surface area contributed by atoms with Crippen LogP contribution in [0.1, 0.15) is 23.2 Å². The predicted octanol–water partition coefficient (Wildman–Crippen LogP) is 1.99. The maximum absolute atomic E-state index is 13.0. The minimum atomic E-state index is -3.73. The first-order valence-corrected chi connectivity index (χ1v) is 10.9. The molecule has 156 valence electrons. The predicted molar refractivity (Wildman–Crippen MR) is 107 cm³/mol. The number of likely N-dealkylation sites (tertiary alicyclic amines) is 1. The zero-order valence-corrected chi connectivity index (χ0v) is 16.8. The third-order valence-corrected chi connectivity index (χ3v) is 6.53. The van der Waals surface area contributed by atoms with Crippen LogP contribution in [0.5, 0.6) is 0 Å². The molecular formula is C20H20FN5O3S. The molecule has 1 fully saturated rings. The van der Waals surface area contributed by atoms with E-state index in [2.05, 4.69) is 14.7 Å². The summed E-state index contributed by atoms with van der Waals surface area (Å²) < 4.78 is 42.3. The monoisotopic (exact) mass is 429 g/mol. The number of benzene rings is 1. The lowest BCUT2D eigenvalue weighted by Gasteiger charge is -2.32. The Hall–Kier alpha value is -3.11. The lowest BCUT2D eigenvalue weighted by Crippen LogP contribution is -2.46. The molecule has 0 unspecified atom stereocenters. The molecule has 3 aromatic rings. The van der Waals surface area contributed by atoms with Gasteiger partial charge in [0.25, 0.3) is 5.91 Å². The number of amides is 1. The molecule has 10 heteroatoms. The average molecular weight is 429 g/mol. The number of piperidine rings is 1. The van der Waals surface area contributed by atoms with E-state index in [1.54, 1.807) is 40.3 Å². The standard InChI is InChI=1S/C20H20FN5O3S/c21-16-2-4-18(5-3-16)30(28,29)24-17-7-10-25(11-8-17)20(27)15-1-6-19(23-13-15)26-12-9-22-14-26/h1-6,9,12-14,17,24H,7-8,10-11H2. The summed E-state index contributed by atoms with van der Waals surface area (Å²) in [5.41, 5.74) is 0.476. The third-order valence-electron chi connectivity index (χ3n) is 4.99. The van der Waals surface area contributed by atoms with Crippen molar-refractivity contribution in [2.45, 2.75) is 23.8 Å². The summed E-state index contributed by atoms with van der Waals surface area (Å²) in [6, 6.07) is 7.87. The number of halogens is 1. The van der Waals surface area contributed by atoms with E-state index in [9.17, 15) is 17.6 Å². The minimum absolute atomic E-state index is 0.0199. The number of imidazole rings is 1. The smallest absolute Gasteiger partial charge is 0.255 e. The number of nitrogens with zero attached hydrogens (tertiary/aromatic N) is 4. The fraction of sp³-hybridized carbons (Fsp3) is 0.250. The van der Waals surface area contributed by atoms with Crippen molar-refractivity contribution in [1.29, 1.82) is 0 Å². The Balaban J connectivity index is 1.35. The molecule has 1 saturated heterocycles. The zero-order chi connectivity index (χ0) is 21.1. The van der Waals surface area contributed by atoms with Crippen LogP contribution < -0.4 is 4.72 Å². The Morgan fingerprint density at radius 1 is 1.10 bits per heavy atom. The van der Waals surface area contributed by atoms with Gasteiger partial charge in [-0.25, -0.2) is 27.5 Å². The normalized spacial score (nSPS) is 15.3. The van der Waals surface area contributed by atoms with E-state index in [-0.39, 0.29) is 16.8 Å². The first kappa shape index (κ1) is 20.2. The summed E-state index contributed by atoms with van der Waals surface area (Å²) in [5, 5.41) is 0. The van der Waals surface area contributed by atoms with Gasteiger partial charge in [-0.05, 0) is 49.2 Å². The average Bonchev–Trinajstić information content (AvgIpc) is 3.29. The molecule has 1 N–H and O–H groups in total. The maximum atomic E-state index is 13.0. The van der Waals surface area contributed by atoms with Gasteiger partial charge in [0, 0.05) is 37.7 Å². The first-order chi connectivity index (χ1) is 14.4. The van der Waals surface area contributed by atoms with Gasteiger partial charge in [0.15, 0.2) is 0 Å². The summed E-state index contributed by atoms with van der Waals surface area (Å²) in [6.07, 6.45) is 7.55. The van der Waals surface area contributed by atoms with Crippen molar-refractivity contribution >= 4 is 15.9 Å². The third kappa shape index (κ3) is 4.39. The van der Waals surface area contributed by atoms with Crippen LogP contribution in [0.3, 0.4) is 0 Å². The highest BCUT2D eigenvalue weighted by Crippen LogP contribution is 2.17. The molecule has 2 aromatic heterocycles. The Kier molecular flexibility index (Phi) is 5.60. The molecule has 1 aromatic carbocycles. The van der Waals surface area contributed by atoms with E-state index < -0.39 is 15.8 Å². The number of hydrogen-bond acceptors (Lipinski definition) is 5. The van der Waals surface area contributed by atoms with Gasteiger partial charge >= 0.3 is 0 Å². The molecule has 0 saturated carbocycles. The highest BCUT2D eigenvalue weighted by Gasteiger charge is 2.27. The Morgan fingerprint density at radius 2 is 1.83 bits per heavy atom. The molecular weight excluding hydrogens is 409 g/mol. The van der Waals surface area contributed by atoms with E-state index in [1.165, 1.54) is 18.3 Å². The van der Waals surface area contributed by atoms with Gasteiger partial charge in [-0.1, -0.05) is 0 Å². The van der Waals surface area contributed by atoms with Gasteiger partial charge in [0.2, 0.25) is 10.0 Å². The van der Waals surface area contributed by atoms with Gasteiger partial charge in [0.05, 0.1) is 10.5 Å². The lowest BCUT2D eigenvalue weighted by molar-refractivity contribution is 0.0711. The van der Waals surface area contributed by atoms with Gasteiger partial charge < -0.3 is 4.90 Å². The van der Waals surface area contributed by atoms with Gasteiger partial charge in [-0.2, -0.15) is 0 Å². The van der Waals surface area contributed by atoms with Gasteiger partial charge in [0.1, 0.15) is 18.0 Å². The van der Waals surface area contributed by atoms with Crippen LogP contribution in [-0.2, 0) is 10.0 Å². The molecule has 0 aliphatic carbocycles. The lowest BCUT2D eigenvalue weighted by atomic mass is 10.1. The number of rotatable bonds is 5. The van der Waals surface area contributed by atoms with Crippen molar-refractivity contribution in [2.24, 2.45) is 0 Å². The fourth-order valence-corrected chi connectivity index (χ4v) is 4.65. The quantitative estimate of drug-likeness (QED) is 0.669. The second-order valence-electron chi connectivity index (χ2n) is 7.02. The van der Waals surface area contributed by atoms with Crippen molar-refractivity contribution in [3.63, 3.8) is 0 Å². The number of carbonyl (C=O) groups is 1. The van der Waals surface area contributed by atoms with Crippen molar-refractivity contribution in [2.75, 3.05) is 13.1 Å². The van der Waals surface area contributed by atoms with Crippen LogP contribution in [0.4, 0.5) is 4.39 Å². The summed E-state index contributed by atoms with van der Waals surface area (Å²) in [6.45, 7) is 0.859. The molecule has 8 nitrogen and oxygen atoms in total. The maximum Gasteiger partial charge on any atom is 0.255 e. The number of nitrogens with one attached hydrogen (secondary N) is 1. The molecule has 1 aliphatic heterocycles. The van der Waals surface area contributed by atoms with Crippen molar-refractivity contribution in [1.82, 2.24) is 24.2 Å². The zero-order valence-electron chi connectivity index (χ0n) is 16.0. The summed E-state index contributed by atoms with van der Waals surface area (Å²) >= 11 is 0. The van der Waals surface area contributed by atoms with Crippen LogP contribution in [0.15, 0.2) is 66.2 Å². The number of pyridine rings is 1. The van der Waals surface area contributed by atoms with Gasteiger partial charge in [-0.15, -0.1) is 0 Å². The summed E-state index contributed by atoms with van der Waals surface area (Å²) in [5.74, 6) is 0.0331. The number of aromatic nitrogens is 3. The van der Waals surface area contributed by atoms with E-state index in [0.29, 0.717) is 37.3 Å². The number of sulfonamides is 1. The van der Waals surface area contributed by atoms with E-state index in [4.69, 9.17) is 0 Å². The fourth-order valence-electron chi connectivity index (χ4n) is 3.34. The largest absolute Gasteiger partial charge is 0.338 e. The van der Waals surface area contributed by atoms with Crippen molar-refractivity contribution in [3.8, 4) is 5.82 Å². The molecule has 3 heterocycles. The number of hydrogen-bond donors (Lipinski definition) is 1. The summed E-state index contributed by atoms with van der Waals surface area (Å²) in [7, 11) is -3.73. The van der Waals surface area contributed by atoms with Crippen LogP contribution in [-0.4, -0.2) is 52.9 Å². The summed E-state index contributed by atoms with van der Waals surface area (Å²) in [4.78, 5) is 22.7. The van der Waals surface area contributed by atoms with Crippen molar-refractivity contribution < 1.29 is 17.6 Å². The Bertz CT molecular complexity index is 1110. The minimum Gasteiger partial charge on any atom is -0.338 e. The molecule has 1 aliphatic rings. The van der Waals surface area contributed by atoms with Gasteiger partial charge in [-0.3, -0.25) is 9.36 Å². The first-order valence-electron chi connectivity index (χ1n) is 9.44.